The molecule has 1 amide bonds. The van der Waals surface area contributed by atoms with Crippen molar-refractivity contribution >= 4 is 30.1 Å². The zero-order valence-electron chi connectivity index (χ0n) is 11.8. The number of rotatable bonds is 5. The molecule has 2 aromatic carbocycles. The number of halogens is 1. The van der Waals surface area contributed by atoms with E-state index in [9.17, 15) is 4.79 Å². The van der Waals surface area contributed by atoms with Crippen LogP contribution in [0.3, 0.4) is 0 Å². The summed E-state index contributed by atoms with van der Waals surface area (Å²) in [4.78, 5) is 12.2. The highest BCUT2D eigenvalue weighted by atomic mass is 35.5. The predicted octanol–water partition coefficient (Wildman–Crippen LogP) is 4.06. The van der Waals surface area contributed by atoms with Crippen LogP contribution in [0, 0.1) is 0 Å². The van der Waals surface area contributed by atoms with E-state index in [4.69, 9.17) is 11.6 Å². The van der Waals surface area contributed by atoms with Gasteiger partial charge >= 0.3 is 0 Å². The van der Waals surface area contributed by atoms with Gasteiger partial charge in [-0.05, 0) is 30.5 Å². The lowest BCUT2D eigenvalue weighted by Crippen LogP contribution is -2.34. The summed E-state index contributed by atoms with van der Waals surface area (Å²) in [5, 5.41) is 3.24. The first-order valence-electron chi connectivity index (χ1n) is 6.84. The van der Waals surface area contributed by atoms with E-state index in [-0.39, 0.29) is 17.2 Å². The molecule has 0 aliphatic rings. The van der Waals surface area contributed by atoms with E-state index in [0.717, 1.165) is 11.1 Å². The second-order valence-electron chi connectivity index (χ2n) is 4.96. The zero-order valence-corrected chi connectivity index (χ0v) is 13.4. The molecule has 2 unspecified atom stereocenters. The minimum atomic E-state index is -0.377. The van der Waals surface area contributed by atoms with Gasteiger partial charge in [-0.2, -0.15) is 12.6 Å². The molecule has 2 aromatic rings. The van der Waals surface area contributed by atoms with Crippen molar-refractivity contribution in [2.75, 3.05) is 0 Å². The Morgan fingerprint density at radius 3 is 2.43 bits per heavy atom. The average Bonchev–Trinajstić information content (AvgIpc) is 2.48. The smallest absolute Gasteiger partial charge is 0.233 e. The van der Waals surface area contributed by atoms with E-state index in [1.165, 1.54) is 0 Å². The molecule has 0 aliphatic heterocycles. The van der Waals surface area contributed by atoms with Crippen LogP contribution in [0.4, 0.5) is 0 Å². The first-order valence-corrected chi connectivity index (χ1v) is 7.74. The third-order valence-corrected chi connectivity index (χ3v) is 4.07. The fourth-order valence-corrected chi connectivity index (χ4v) is 2.73. The van der Waals surface area contributed by atoms with Crippen LogP contribution in [0.15, 0.2) is 54.6 Å². The van der Waals surface area contributed by atoms with Gasteiger partial charge in [-0.1, -0.05) is 60.1 Å². The van der Waals surface area contributed by atoms with Crippen molar-refractivity contribution in [3.63, 3.8) is 0 Å². The van der Waals surface area contributed by atoms with E-state index in [1.54, 1.807) is 0 Å². The van der Waals surface area contributed by atoms with Crippen molar-refractivity contribution in [3.05, 3.63) is 70.7 Å². The molecule has 0 heterocycles. The molecule has 1 N–H and O–H groups in total. The summed E-state index contributed by atoms with van der Waals surface area (Å²) < 4.78 is 0. The fraction of sp³-hybridized carbons (Fsp3) is 0.235. The van der Waals surface area contributed by atoms with Gasteiger partial charge in [0.15, 0.2) is 0 Å². The molecule has 0 aliphatic carbocycles. The Kier molecular flexibility index (Phi) is 5.71. The van der Waals surface area contributed by atoms with Gasteiger partial charge in [-0.3, -0.25) is 4.79 Å². The summed E-state index contributed by atoms with van der Waals surface area (Å²) in [5.74, 6) is -0.0883. The average molecular weight is 320 g/mol. The van der Waals surface area contributed by atoms with Gasteiger partial charge in [0.25, 0.3) is 0 Å². The molecule has 0 aromatic heterocycles. The van der Waals surface area contributed by atoms with Crippen molar-refractivity contribution in [3.8, 4) is 0 Å². The van der Waals surface area contributed by atoms with Gasteiger partial charge in [0.1, 0.15) is 0 Å². The zero-order chi connectivity index (χ0) is 15.2. The molecule has 0 radical (unpaired) electrons. The number of amides is 1. The highest BCUT2D eigenvalue weighted by Gasteiger charge is 2.18. The minimum absolute atomic E-state index is 0.0883. The normalized spacial score (nSPS) is 13.5. The van der Waals surface area contributed by atoms with E-state index in [1.807, 2.05) is 61.5 Å². The maximum absolute atomic E-state index is 12.2. The molecule has 4 heteroatoms. The maximum Gasteiger partial charge on any atom is 0.233 e. The summed E-state index contributed by atoms with van der Waals surface area (Å²) in [5.41, 5.74) is 2.01. The Hall–Kier alpha value is -1.45. The van der Waals surface area contributed by atoms with Crippen molar-refractivity contribution in [1.82, 2.24) is 5.32 Å². The third kappa shape index (κ3) is 4.51. The Morgan fingerprint density at radius 2 is 1.76 bits per heavy atom. The second kappa shape index (κ2) is 7.53. The van der Waals surface area contributed by atoms with Crippen molar-refractivity contribution in [2.45, 2.75) is 24.6 Å². The van der Waals surface area contributed by atoms with Gasteiger partial charge < -0.3 is 5.32 Å². The van der Waals surface area contributed by atoms with Crippen LogP contribution < -0.4 is 5.32 Å². The molecular formula is C17H18ClNOS. The maximum atomic E-state index is 12.2. The van der Waals surface area contributed by atoms with E-state index in [0.29, 0.717) is 11.4 Å². The lowest BCUT2D eigenvalue weighted by molar-refractivity contribution is -0.121. The molecule has 2 atom stereocenters. The summed E-state index contributed by atoms with van der Waals surface area (Å²) >= 11 is 10.5. The lowest BCUT2D eigenvalue weighted by atomic mass is 10.1. The topological polar surface area (TPSA) is 29.1 Å². The fourth-order valence-electron chi connectivity index (χ4n) is 2.14. The molecule has 110 valence electrons. The Morgan fingerprint density at radius 1 is 1.14 bits per heavy atom. The molecule has 0 saturated heterocycles. The molecule has 0 spiro atoms. The number of nitrogens with one attached hydrogen (secondary N) is 1. The Balaban J connectivity index is 1.96. The van der Waals surface area contributed by atoms with E-state index in [2.05, 4.69) is 17.9 Å². The SMILES string of the molecule is CC(NC(=O)C(S)Cc1ccccc1)c1ccccc1Cl. The van der Waals surface area contributed by atoms with Crippen LogP contribution in [-0.2, 0) is 11.2 Å². The summed E-state index contributed by atoms with van der Waals surface area (Å²) in [6, 6.07) is 17.2. The summed E-state index contributed by atoms with van der Waals surface area (Å²) in [6.45, 7) is 1.92. The molecular weight excluding hydrogens is 302 g/mol. The molecule has 21 heavy (non-hydrogen) atoms. The largest absolute Gasteiger partial charge is 0.349 e. The van der Waals surface area contributed by atoms with Crippen LogP contribution >= 0.6 is 24.2 Å². The van der Waals surface area contributed by atoms with Crippen molar-refractivity contribution < 1.29 is 4.79 Å². The number of carbonyl (C=O) groups excluding carboxylic acids is 1. The first-order chi connectivity index (χ1) is 10.1. The highest BCUT2D eigenvalue weighted by molar-refractivity contribution is 7.81. The van der Waals surface area contributed by atoms with Crippen molar-refractivity contribution in [2.24, 2.45) is 0 Å². The van der Waals surface area contributed by atoms with E-state index >= 15 is 0 Å². The van der Waals surface area contributed by atoms with Gasteiger partial charge in [0.2, 0.25) is 5.91 Å². The minimum Gasteiger partial charge on any atom is -0.349 e. The number of hydrogen-bond donors (Lipinski definition) is 2. The molecule has 0 saturated carbocycles. The van der Waals surface area contributed by atoms with Gasteiger partial charge in [0, 0.05) is 5.02 Å². The highest BCUT2D eigenvalue weighted by Crippen LogP contribution is 2.22. The quantitative estimate of drug-likeness (QED) is 0.800. The van der Waals surface area contributed by atoms with Gasteiger partial charge in [-0.15, -0.1) is 0 Å². The number of carbonyl (C=O) groups is 1. The first kappa shape index (κ1) is 15.9. The summed E-state index contributed by atoms with van der Waals surface area (Å²) in [7, 11) is 0. The van der Waals surface area contributed by atoms with Crippen LogP contribution in [0.5, 0.6) is 0 Å². The monoisotopic (exact) mass is 319 g/mol. The number of benzene rings is 2. The van der Waals surface area contributed by atoms with Crippen LogP contribution in [-0.4, -0.2) is 11.2 Å². The van der Waals surface area contributed by atoms with Crippen LogP contribution in [0.2, 0.25) is 5.02 Å². The third-order valence-electron chi connectivity index (χ3n) is 3.31. The number of thiol groups is 1. The lowest BCUT2D eigenvalue weighted by Gasteiger charge is -2.18. The Bertz CT molecular complexity index is 603. The Labute approximate surface area is 135 Å². The standard InChI is InChI=1S/C17H18ClNOS/c1-12(14-9-5-6-10-15(14)18)19-17(20)16(21)11-13-7-3-2-4-8-13/h2-10,12,16,21H,11H2,1H3,(H,19,20). The molecule has 0 bridgehead atoms. The van der Waals surface area contributed by atoms with Crippen LogP contribution in [0.1, 0.15) is 24.1 Å². The predicted molar refractivity (Wildman–Crippen MR) is 90.9 cm³/mol. The molecule has 2 rings (SSSR count). The van der Waals surface area contributed by atoms with Crippen molar-refractivity contribution in [1.29, 1.82) is 0 Å². The molecule has 2 nitrogen and oxygen atoms in total. The van der Waals surface area contributed by atoms with Gasteiger partial charge in [-0.25, -0.2) is 0 Å². The number of hydrogen-bond acceptors (Lipinski definition) is 2. The summed E-state index contributed by atoms with van der Waals surface area (Å²) in [6.07, 6.45) is 0.602. The van der Waals surface area contributed by atoms with E-state index < -0.39 is 0 Å². The van der Waals surface area contributed by atoms with Crippen LogP contribution in [0.25, 0.3) is 0 Å². The molecule has 0 fully saturated rings. The second-order valence-corrected chi connectivity index (χ2v) is 5.99. The van der Waals surface area contributed by atoms with Gasteiger partial charge in [0.05, 0.1) is 11.3 Å².